The van der Waals surface area contributed by atoms with Crippen molar-refractivity contribution < 1.29 is 23.1 Å². The third-order valence-electron chi connectivity index (χ3n) is 2.21. The van der Waals surface area contributed by atoms with E-state index in [4.69, 9.17) is 5.11 Å². The highest BCUT2D eigenvalue weighted by Gasteiger charge is 2.34. The molecule has 0 aliphatic rings. The third-order valence-corrected chi connectivity index (χ3v) is 3.17. The van der Waals surface area contributed by atoms with Crippen LogP contribution in [-0.2, 0) is 11.0 Å². The number of nitrogens with zero attached hydrogens (tertiary/aromatic N) is 1. The van der Waals surface area contributed by atoms with E-state index in [0.29, 0.717) is 6.42 Å². The maximum absolute atomic E-state index is 12.4. The molecule has 0 saturated carbocycles. The van der Waals surface area contributed by atoms with Gasteiger partial charge in [0.25, 0.3) is 0 Å². The molecule has 1 amide bonds. The Hall–Kier alpha value is -1.15. The van der Waals surface area contributed by atoms with Crippen molar-refractivity contribution in [2.45, 2.75) is 38.6 Å². The summed E-state index contributed by atoms with van der Waals surface area (Å²) in [5.74, 6) is -0.634. The SMILES string of the molecule is CCC(NC(=O)C(C)O)c1nc(C(F)(F)F)cs1. The summed E-state index contributed by atoms with van der Waals surface area (Å²) in [7, 11) is 0. The standard InChI is InChI=1S/C10H13F3N2O2S/c1-3-6(14-8(17)5(2)16)9-15-7(4-18-9)10(11,12)13/h4-6,16H,3H2,1-2H3,(H,14,17). The molecule has 0 fully saturated rings. The fourth-order valence-electron chi connectivity index (χ4n) is 1.21. The first-order chi connectivity index (χ1) is 8.25. The van der Waals surface area contributed by atoms with Crippen LogP contribution < -0.4 is 5.32 Å². The molecule has 1 aromatic rings. The number of aliphatic hydroxyl groups excluding tert-OH is 1. The molecule has 1 aromatic heterocycles. The van der Waals surface area contributed by atoms with Crippen molar-refractivity contribution in [3.05, 3.63) is 16.1 Å². The number of hydrogen-bond acceptors (Lipinski definition) is 4. The van der Waals surface area contributed by atoms with Gasteiger partial charge in [0.2, 0.25) is 5.91 Å². The van der Waals surface area contributed by atoms with E-state index in [1.54, 1.807) is 6.92 Å². The number of hydrogen-bond donors (Lipinski definition) is 2. The lowest BCUT2D eigenvalue weighted by Gasteiger charge is -2.15. The number of carbonyl (C=O) groups excluding carboxylic acids is 1. The van der Waals surface area contributed by atoms with Crippen molar-refractivity contribution in [3.63, 3.8) is 0 Å². The number of rotatable bonds is 4. The Balaban J connectivity index is 2.83. The predicted molar refractivity (Wildman–Crippen MR) is 60.0 cm³/mol. The quantitative estimate of drug-likeness (QED) is 0.889. The summed E-state index contributed by atoms with van der Waals surface area (Å²) < 4.78 is 37.1. The molecule has 18 heavy (non-hydrogen) atoms. The average molecular weight is 282 g/mol. The lowest BCUT2D eigenvalue weighted by atomic mass is 10.2. The normalized spacial score (nSPS) is 15.2. The molecule has 2 atom stereocenters. The van der Waals surface area contributed by atoms with Crippen molar-refractivity contribution in [1.29, 1.82) is 0 Å². The smallest absolute Gasteiger partial charge is 0.384 e. The number of nitrogens with one attached hydrogen (secondary N) is 1. The van der Waals surface area contributed by atoms with Crippen molar-refractivity contribution in [2.75, 3.05) is 0 Å². The van der Waals surface area contributed by atoms with Gasteiger partial charge in [0.15, 0.2) is 5.69 Å². The van der Waals surface area contributed by atoms with E-state index in [1.165, 1.54) is 6.92 Å². The summed E-state index contributed by atoms with van der Waals surface area (Å²) in [4.78, 5) is 14.7. The van der Waals surface area contributed by atoms with Crippen LogP contribution in [0.2, 0.25) is 0 Å². The first-order valence-electron chi connectivity index (χ1n) is 5.26. The molecule has 0 bridgehead atoms. The van der Waals surface area contributed by atoms with E-state index in [-0.39, 0.29) is 5.01 Å². The zero-order chi connectivity index (χ0) is 13.9. The van der Waals surface area contributed by atoms with Gasteiger partial charge >= 0.3 is 6.18 Å². The number of thiazole rings is 1. The maximum Gasteiger partial charge on any atom is 0.434 e. The van der Waals surface area contributed by atoms with Crippen LogP contribution in [-0.4, -0.2) is 22.1 Å². The molecule has 4 nitrogen and oxygen atoms in total. The Kier molecular flexibility index (Phi) is 4.69. The second-order valence-corrected chi connectivity index (χ2v) is 4.60. The molecule has 8 heteroatoms. The summed E-state index contributed by atoms with van der Waals surface area (Å²) in [5.41, 5.74) is -0.966. The van der Waals surface area contributed by atoms with Gasteiger partial charge in [0.1, 0.15) is 11.1 Å². The number of halogens is 3. The third kappa shape index (κ3) is 3.67. The average Bonchev–Trinajstić information content (AvgIpc) is 2.73. The Morgan fingerprint density at radius 1 is 1.61 bits per heavy atom. The van der Waals surface area contributed by atoms with Crippen LogP contribution in [0.3, 0.4) is 0 Å². The molecule has 0 saturated heterocycles. The van der Waals surface area contributed by atoms with Crippen molar-refractivity contribution >= 4 is 17.2 Å². The lowest BCUT2D eigenvalue weighted by molar-refractivity contribution is -0.140. The molecule has 0 radical (unpaired) electrons. The molecule has 0 aromatic carbocycles. The molecule has 1 heterocycles. The largest absolute Gasteiger partial charge is 0.434 e. The van der Waals surface area contributed by atoms with Crippen molar-refractivity contribution in [3.8, 4) is 0 Å². The monoisotopic (exact) mass is 282 g/mol. The minimum absolute atomic E-state index is 0.179. The van der Waals surface area contributed by atoms with Crippen molar-refractivity contribution in [1.82, 2.24) is 10.3 Å². The van der Waals surface area contributed by atoms with Crippen LogP contribution in [0, 0.1) is 0 Å². The Morgan fingerprint density at radius 3 is 2.61 bits per heavy atom. The van der Waals surface area contributed by atoms with Crippen LogP contribution in [0.5, 0.6) is 0 Å². The van der Waals surface area contributed by atoms with Gasteiger partial charge in [0.05, 0.1) is 6.04 Å². The van der Waals surface area contributed by atoms with Gasteiger partial charge in [0, 0.05) is 5.38 Å². The highest BCUT2D eigenvalue weighted by atomic mass is 32.1. The van der Waals surface area contributed by atoms with Gasteiger partial charge in [-0.05, 0) is 13.3 Å². The molecule has 2 N–H and O–H groups in total. The summed E-state index contributed by atoms with van der Waals surface area (Å²) in [6.45, 7) is 2.99. The molecule has 0 spiro atoms. The van der Waals surface area contributed by atoms with Crippen LogP contribution >= 0.6 is 11.3 Å². The first kappa shape index (κ1) is 14.9. The highest BCUT2D eigenvalue weighted by molar-refractivity contribution is 7.09. The van der Waals surface area contributed by atoms with Crippen molar-refractivity contribution in [2.24, 2.45) is 0 Å². The summed E-state index contributed by atoms with van der Waals surface area (Å²) in [6.07, 6.45) is -5.30. The van der Waals surface area contributed by atoms with E-state index in [9.17, 15) is 18.0 Å². The molecule has 0 aliphatic carbocycles. The molecular formula is C10H13F3N2O2S. The van der Waals surface area contributed by atoms with Gasteiger partial charge in [-0.25, -0.2) is 4.98 Å². The zero-order valence-corrected chi connectivity index (χ0v) is 10.6. The van der Waals surface area contributed by atoms with Gasteiger partial charge in [-0.3, -0.25) is 4.79 Å². The van der Waals surface area contributed by atoms with Crippen LogP contribution in [0.1, 0.15) is 37.0 Å². The Bertz CT molecular complexity index is 418. The van der Waals surface area contributed by atoms with E-state index in [0.717, 1.165) is 16.7 Å². The van der Waals surface area contributed by atoms with Crippen LogP contribution in [0.4, 0.5) is 13.2 Å². The minimum atomic E-state index is -4.48. The summed E-state index contributed by atoms with van der Waals surface area (Å²) in [6, 6.07) is -0.617. The number of aliphatic hydroxyl groups is 1. The van der Waals surface area contributed by atoms with Crippen LogP contribution in [0.15, 0.2) is 5.38 Å². The first-order valence-corrected chi connectivity index (χ1v) is 6.14. The van der Waals surface area contributed by atoms with Gasteiger partial charge < -0.3 is 10.4 Å². The van der Waals surface area contributed by atoms with E-state index in [2.05, 4.69) is 10.3 Å². The number of amides is 1. The van der Waals surface area contributed by atoms with E-state index >= 15 is 0 Å². The molecular weight excluding hydrogens is 269 g/mol. The fraction of sp³-hybridized carbons (Fsp3) is 0.600. The summed E-state index contributed by atoms with van der Waals surface area (Å²) >= 11 is 0.835. The Labute approximate surface area is 106 Å². The zero-order valence-electron chi connectivity index (χ0n) is 9.78. The molecule has 0 aliphatic heterocycles. The highest BCUT2D eigenvalue weighted by Crippen LogP contribution is 2.32. The topological polar surface area (TPSA) is 62.2 Å². The van der Waals surface area contributed by atoms with Gasteiger partial charge in [-0.15, -0.1) is 11.3 Å². The van der Waals surface area contributed by atoms with Crippen LogP contribution in [0.25, 0.3) is 0 Å². The van der Waals surface area contributed by atoms with E-state index < -0.39 is 29.9 Å². The fourth-order valence-corrected chi connectivity index (χ4v) is 2.17. The molecule has 2 unspecified atom stereocenters. The second kappa shape index (κ2) is 5.66. The van der Waals surface area contributed by atoms with Gasteiger partial charge in [-0.1, -0.05) is 6.92 Å². The molecule has 102 valence electrons. The summed E-state index contributed by atoms with van der Waals surface area (Å²) in [5, 5.41) is 12.6. The van der Waals surface area contributed by atoms with E-state index in [1.807, 2.05) is 0 Å². The number of carbonyl (C=O) groups is 1. The second-order valence-electron chi connectivity index (χ2n) is 3.71. The minimum Gasteiger partial charge on any atom is -0.384 e. The molecule has 1 rings (SSSR count). The number of alkyl halides is 3. The maximum atomic E-state index is 12.4. The lowest BCUT2D eigenvalue weighted by Crippen LogP contribution is -2.35. The predicted octanol–water partition coefficient (Wildman–Crippen LogP) is 2.11. The van der Waals surface area contributed by atoms with Gasteiger partial charge in [-0.2, -0.15) is 13.2 Å². The Morgan fingerprint density at radius 2 is 2.22 bits per heavy atom. The number of aromatic nitrogens is 1.